The van der Waals surface area contributed by atoms with Gasteiger partial charge in [0.2, 0.25) is 0 Å². The van der Waals surface area contributed by atoms with E-state index in [1.54, 1.807) is 7.11 Å². The molecule has 0 saturated heterocycles. The van der Waals surface area contributed by atoms with Crippen LogP contribution in [0.2, 0.25) is 0 Å². The molecule has 0 aromatic heterocycles. The van der Waals surface area contributed by atoms with E-state index in [-0.39, 0.29) is 0 Å². The second-order valence-electron chi connectivity index (χ2n) is 5.44. The summed E-state index contributed by atoms with van der Waals surface area (Å²) in [6, 6.07) is 1.19. The molecule has 0 heterocycles. The molecule has 1 N–H and O–H groups in total. The summed E-state index contributed by atoms with van der Waals surface area (Å²) in [7, 11) is 1.77. The van der Waals surface area contributed by atoms with E-state index in [1.165, 1.54) is 6.42 Å². The summed E-state index contributed by atoms with van der Waals surface area (Å²) in [5, 5.41) is 3.57. The fourth-order valence-electron chi connectivity index (χ4n) is 2.09. The van der Waals surface area contributed by atoms with Crippen molar-refractivity contribution >= 4 is 0 Å². The van der Waals surface area contributed by atoms with Gasteiger partial charge in [0.25, 0.3) is 0 Å². The van der Waals surface area contributed by atoms with E-state index in [9.17, 15) is 0 Å². The monoisotopic (exact) mass is 244 g/mol. The number of methoxy groups -OCH3 is 1. The molecule has 0 amide bonds. The molecule has 0 rings (SSSR count). The van der Waals surface area contributed by atoms with Crippen LogP contribution < -0.4 is 5.32 Å². The van der Waals surface area contributed by atoms with E-state index < -0.39 is 0 Å². The molecule has 0 aliphatic carbocycles. The molecule has 0 aromatic rings. The Hall–Kier alpha value is -0.120. The van der Waals surface area contributed by atoms with Crippen LogP contribution in [0.4, 0.5) is 0 Å². The molecule has 104 valence electrons. The van der Waals surface area contributed by atoms with E-state index in [2.05, 4.69) is 44.8 Å². The summed E-state index contributed by atoms with van der Waals surface area (Å²) in [6.45, 7) is 15.3. The van der Waals surface area contributed by atoms with Crippen LogP contribution >= 0.6 is 0 Å². The summed E-state index contributed by atoms with van der Waals surface area (Å²) < 4.78 is 5.20. The average molecular weight is 244 g/mol. The first kappa shape index (κ1) is 16.9. The van der Waals surface area contributed by atoms with Gasteiger partial charge in [0.1, 0.15) is 0 Å². The van der Waals surface area contributed by atoms with E-state index in [0.717, 1.165) is 32.2 Å². The van der Waals surface area contributed by atoms with Crippen LogP contribution in [0.3, 0.4) is 0 Å². The highest BCUT2D eigenvalue weighted by atomic mass is 16.5. The average Bonchev–Trinajstić information content (AvgIpc) is 2.26. The van der Waals surface area contributed by atoms with Gasteiger partial charge in [-0.05, 0) is 32.7 Å². The molecule has 0 aliphatic rings. The van der Waals surface area contributed by atoms with Gasteiger partial charge in [0.05, 0.1) is 6.61 Å². The third-order valence-corrected chi connectivity index (χ3v) is 3.09. The quantitative estimate of drug-likeness (QED) is 0.638. The largest absolute Gasteiger partial charge is 0.383 e. The van der Waals surface area contributed by atoms with Crippen molar-refractivity contribution in [3.05, 3.63) is 0 Å². The van der Waals surface area contributed by atoms with Crippen molar-refractivity contribution in [3.8, 4) is 0 Å². The number of hydrogen-bond donors (Lipinski definition) is 1. The van der Waals surface area contributed by atoms with Crippen molar-refractivity contribution in [1.82, 2.24) is 10.2 Å². The molecule has 1 atom stereocenters. The normalized spacial score (nSPS) is 13.9. The Morgan fingerprint density at radius 2 is 1.76 bits per heavy atom. The lowest BCUT2D eigenvalue weighted by molar-refractivity contribution is 0.0925. The van der Waals surface area contributed by atoms with Crippen molar-refractivity contribution in [1.29, 1.82) is 0 Å². The number of rotatable bonds is 10. The number of hydrogen-bond acceptors (Lipinski definition) is 3. The minimum Gasteiger partial charge on any atom is -0.383 e. The highest BCUT2D eigenvalue weighted by Crippen LogP contribution is 2.08. The summed E-state index contributed by atoms with van der Waals surface area (Å²) in [6.07, 6.45) is 1.19. The molecule has 0 saturated carbocycles. The van der Waals surface area contributed by atoms with Crippen molar-refractivity contribution in [2.75, 3.05) is 33.4 Å². The third-order valence-electron chi connectivity index (χ3n) is 3.09. The van der Waals surface area contributed by atoms with Gasteiger partial charge in [0.15, 0.2) is 0 Å². The number of ether oxygens (including phenoxy) is 1. The standard InChI is InChI=1S/C14H32N2O/c1-7-14(11-15-10-12(2)3)16(13(4)5)8-9-17-6/h12-15H,7-11H2,1-6H3. The van der Waals surface area contributed by atoms with Gasteiger partial charge < -0.3 is 10.1 Å². The summed E-state index contributed by atoms with van der Waals surface area (Å²) in [5.41, 5.74) is 0. The maximum Gasteiger partial charge on any atom is 0.0589 e. The van der Waals surface area contributed by atoms with Crippen LogP contribution in [0, 0.1) is 5.92 Å². The first-order valence-electron chi connectivity index (χ1n) is 6.98. The van der Waals surface area contributed by atoms with Crippen LogP contribution in [0.5, 0.6) is 0 Å². The zero-order chi connectivity index (χ0) is 13.3. The van der Waals surface area contributed by atoms with Crippen LogP contribution in [0.15, 0.2) is 0 Å². The highest BCUT2D eigenvalue weighted by Gasteiger charge is 2.18. The van der Waals surface area contributed by atoms with Crippen molar-refractivity contribution in [3.63, 3.8) is 0 Å². The summed E-state index contributed by atoms with van der Waals surface area (Å²) in [4.78, 5) is 2.54. The molecule has 0 fully saturated rings. The van der Waals surface area contributed by atoms with E-state index in [4.69, 9.17) is 4.74 Å². The van der Waals surface area contributed by atoms with Gasteiger partial charge in [-0.2, -0.15) is 0 Å². The lowest BCUT2D eigenvalue weighted by atomic mass is 10.1. The van der Waals surface area contributed by atoms with E-state index in [1.807, 2.05) is 0 Å². The van der Waals surface area contributed by atoms with Crippen molar-refractivity contribution in [2.24, 2.45) is 5.92 Å². The Kier molecular flexibility index (Phi) is 9.79. The first-order valence-corrected chi connectivity index (χ1v) is 6.98. The SMILES string of the molecule is CCC(CNCC(C)C)N(CCOC)C(C)C. The molecule has 1 unspecified atom stereocenters. The predicted molar refractivity (Wildman–Crippen MR) is 75.5 cm³/mol. The van der Waals surface area contributed by atoms with Crippen molar-refractivity contribution < 1.29 is 4.74 Å². The Morgan fingerprint density at radius 3 is 2.18 bits per heavy atom. The highest BCUT2D eigenvalue weighted by molar-refractivity contribution is 4.76. The Balaban J connectivity index is 4.14. The molecule has 17 heavy (non-hydrogen) atoms. The predicted octanol–water partition coefficient (Wildman–Crippen LogP) is 2.37. The molecule has 0 radical (unpaired) electrons. The first-order chi connectivity index (χ1) is 8.02. The molecule has 0 bridgehead atoms. The maximum atomic E-state index is 5.20. The van der Waals surface area contributed by atoms with Crippen LogP contribution in [0.1, 0.15) is 41.0 Å². The van der Waals surface area contributed by atoms with Gasteiger partial charge in [-0.1, -0.05) is 20.8 Å². The number of nitrogens with one attached hydrogen (secondary N) is 1. The van der Waals surface area contributed by atoms with E-state index >= 15 is 0 Å². The Morgan fingerprint density at radius 1 is 1.12 bits per heavy atom. The molecule has 3 heteroatoms. The molecular weight excluding hydrogens is 212 g/mol. The smallest absolute Gasteiger partial charge is 0.0589 e. The van der Waals surface area contributed by atoms with Crippen LogP contribution in [0.25, 0.3) is 0 Å². The van der Waals surface area contributed by atoms with Crippen molar-refractivity contribution in [2.45, 2.75) is 53.1 Å². The van der Waals surface area contributed by atoms with Crippen LogP contribution in [-0.2, 0) is 4.74 Å². The Labute approximate surface area is 108 Å². The van der Waals surface area contributed by atoms with Gasteiger partial charge in [-0.3, -0.25) is 4.90 Å². The minimum absolute atomic E-state index is 0.580. The van der Waals surface area contributed by atoms with E-state index in [0.29, 0.717) is 12.1 Å². The fourth-order valence-corrected chi connectivity index (χ4v) is 2.09. The third kappa shape index (κ3) is 7.74. The number of nitrogens with zero attached hydrogens (tertiary/aromatic N) is 1. The Bertz CT molecular complexity index is 172. The second-order valence-corrected chi connectivity index (χ2v) is 5.44. The molecule has 3 nitrogen and oxygen atoms in total. The topological polar surface area (TPSA) is 24.5 Å². The fraction of sp³-hybridized carbons (Fsp3) is 1.00. The summed E-state index contributed by atoms with van der Waals surface area (Å²) in [5.74, 6) is 0.721. The van der Waals surface area contributed by atoms with Crippen LogP contribution in [-0.4, -0.2) is 50.3 Å². The molecule has 0 aromatic carbocycles. The van der Waals surface area contributed by atoms with Gasteiger partial charge in [0, 0.05) is 32.3 Å². The summed E-state index contributed by atoms with van der Waals surface area (Å²) >= 11 is 0. The minimum atomic E-state index is 0.580. The van der Waals surface area contributed by atoms with Gasteiger partial charge in [-0.25, -0.2) is 0 Å². The lowest BCUT2D eigenvalue weighted by Gasteiger charge is -2.34. The van der Waals surface area contributed by atoms with Gasteiger partial charge >= 0.3 is 0 Å². The maximum absolute atomic E-state index is 5.20. The molecular formula is C14H32N2O. The molecule has 0 spiro atoms. The van der Waals surface area contributed by atoms with Gasteiger partial charge in [-0.15, -0.1) is 0 Å². The second kappa shape index (κ2) is 9.86. The lowest BCUT2D eigenvalue weighted by Crippen LogP contribution is -2.47. The molecule has 0 aliphatic heterocycles. The zero-order valence-electron chi connectivity index (χ0n) is 12.6. The zero-order valence-corrected chi connectivity index (χ0v) is 12.6.